The maximum Gasteiger partial charge on any atom is 0.227 e. The molecule has 4 aromatic heterocycles. The SMILES string of the molecule is O=C(Nc1cncc(-c2ccc3[nH]nc(-c4cc5c(-c6cc(F)cc(OCCN7CCCC7)c6)cccc5[nH]4)c3n2)c1)C1CCCCC1. The Hall–Kier alpha value is -5.09. The average molecular weight is 644 g/mol. The van der Waals surface area contributed by atoms with Gasteiger partial charge in [0.25, 0.3) is 0 Å². The molecule has 10 heteroatoms. The fourth-order valence-corrected chi connectivity index (χ4v) is 7.14. The van der Waals surface area contributed by atoms with Gasteiger partial charge in [0.05, 0.1) is 28.8 Å². The number of H-pyrrole nitrogens is 2. The molecule has 1 saturated heterocycles. The number of aromatic nitrogens is 5. The fraction of sp³-hybridized carbons (Fsp3) is 0.316. The minimum atomic E-state index is -0.335. The van der Waals surface area contributed by atoms with E-state index in [0.717, 1.165) is 89.8 Å². The van der Waals surface area contributed by atoms with Crippen LogP contribution in [0.4, 0.5) is 10.1 Å². The second kappa shape index (κ2) is 13.2. The number of halogens is 1. The predicted octanol–water partition coefficient (Wildman–Crippen LogP) is 7.97. The van der Waals surface area contributed by atoms with Gasteiger partial charge < -0.3 is 15.0 Å². The van der Waals surface area contributed by atoms with Crippen molar-refractivity contribution in [1.29, 1.82) is 0 Å². The molecule has 1 amide bonds. The summed E-state index contributed by atoms with van der Waals surface area (Å²) >= 11 is 0. The summed E-state index contributed by atoms with van der Waals surface area (Å²) in [7, 11) is 0. The van der Waals surface area contributed by atoms with E-state index < -0.39 is 0 Å². The first-order chi connectivity index (χ1) is 23.6. The maximum absolute atomic E-state index is 14.8. The van der Waals surface area contributed by atoms with E-state index in [-0.39, 0.29) is 17.6 Å². The Morgan fingerprint density at radius 2 is 1.81 bits per heavy atom. The zero-order valence-electron chi connectivity index (χ0n) is 26.8. The van der Waals surface area contributed by atoms with Gasteiger partial charge in [0.1, 0.15) is 29.4 Å². The molecule has 2 fully saturated rings. The maximum atomic E-state index is 14.8. The van der Waals surface area contributed by atoms with Crippen molar-refractivity contribution in [3.63, 3.8) is 0 Å². The van der Waals surface area contributed by atoms with Crippen LogP contribution in [-0.4, -0.2) is 62.2 Å². The van der Waals surface area contributed by atoms with Crippen molar-refractivity contribution in [2.45, 2.75) is 44.9 Å². The summed E-state index contributed by atoms with van der Waals surface area (Å²) < 4.78 is 20.8. The van der Waals surface area contributed by atoms with Crippen molar-refractivity contribution in [2.24, 2.45) is 5.92 Å². The number of carbonyl (C=O) groups excluding carboxylic acids is 1. The largest absolute Gasteiger partial charge is 0.492 e. The van der Waals surface area contributed by atoms with Gasteiger partial charge in [-0.3, -0.25) is 19.8 Å². The van der Waals surface area contributed by atoms with Crippen LogP contribution >= 0.6 is 0 Å². The number of fused-ring (bicyclic) bond motifs is 2. The number of carbonyl (C=O) groups is 1. The number of nitrogens with zero attached hydrogens (tertiary/aromatic N) is 4. The number of pyridine rings is 2. The van der Waals surface area contributed by atoms with Crippen LogP contribution in [0, 0.1) is 11.7 Å². The lowest BCUT2D eigenvalue weighted by Crippen LogP contribution is -2.25. The Balaban J connectivity index is 1.07. The summed E-state index contributed by atoms with van der Waals surface area (Å²) in [6.45, 7) is 3.57. The van der Waals surface area contributed by atoms with Gasteiger partial charge in [-0.05, 0) is 92.4 Å². The van der Waals surface area contributed by atoms with E-state index in [9.17, 15) is 9.18 Å². The van der Waals surface area contributed by atoms with Crippen molar-refractivity contribution in [3.8, 4) is 39.5 Å². The summed E-state index contributed by atoms with van der Waals surface area (Å²) in [6.07, 6.45) is 11.2. The number of anilines is 1. The van der Waals surface area contributed by atoms with E-state index in [1.807, 2.05) is 48.5 Å². The molecule has 0 atom stereocenters. The summed E-state index contributed by atoms with van der Waals surface area (Å²) in [5.41, 5.74) is 7.70. The molecule has 6 aromatic rings. The van der Waals surface area contributed by atoms with Gasteiger partial charge in [-0.15, -0.1) is 0 Å². The molecule has 0 spiro atoms. The van der Waals surface area contributed by atoms with E-state index in [1.165, 1.54) is 25.3 Å². The second-order valence-electron chi connectivity index (χ2n) is 13.0. The highest BCUT2D eigenvalue weighted by molar-refractivity contribution is 6.00. The number of likely N-dealkylation sites (tertiary alicyclic amines) is 1. The van der Waals surface area contributed by atoms with Crippen molar-refractivity contribution >= 4 is 33.5 Å². The number of benzene rings is 2. The van der Waals surface area contributed by atoms with Crippen LogP contribution in [0.2, 0.25) is 0 Å². The lowest BCUT2D eigenvalue weighted by Gasteiger charge is -2.20. The summed E-state index contributed by atoms with van der Waals surface area (Å²) in [5, 5.41) is 11.7. The third kappa shape index (κ3) is 6.27. The van der Waals surface area contributed by atoms with Gasteiger partial charge in [0, 0.05) is 41.2 Å². The highest BCUT2D eigenvalue weighted by atomic mass is 19.1. The normalized spacial score (nSPS) is 15.8. The molecular weight excluding hydrogens is 605 g/mol. The van der Waals surface area contributed by atoms with Crippen molar-refractivity contribution in [3.05, 3.63) is 78.9 Å². The number of amides is 1. The first-order valence-electron chi connectivity index (χ1n) is 17.0. The van der Waals surface area contributed by atoms with Crippen LogP contribution in [0.5, 0.6) is 5.75 Å². The van der Waals surface area contributed by atoms with Crippen LogP contribution in [0.25, 0.3) is 55.7 Å². The van der Waals surface area contributed by atoms with Crippen LogP contribution in [-0.2, 0) is 4.79 Å². The van der Waals surface area contributed by atoms with Gasteiger partial charge in [-0.2, -0.15) is 5.10 Å². The topological polar surface area (TPSA) is 112 Å². The van der Waals surface area contributed by atoms with Gasteiger partial charge in [0.2, 0.25) is 5.91 Å². The fourth-order valence-electron chi connectivity index (χ4n) is 7.14. The van der Waals surface area contributed by atoms with E-state index in [0.29, 0.717) is 29.3 Å². The molecule has 3 N–H and O–H groups in total. The number of ether oxygens (including phenoxy) is 1. The molecule has 1 aliphatic heterocycles. The molecule has 5 heterocycles. The van der Waals surface area contributed by atoms with Crippen LogP contribution < -0.4 is 10.1 Å². The number of nitrogens with one attached hydrogen (secondary N) is 3. The zero-order valence-corrected chi connectivity index (χ0v) is 26.8. The van der Waals surface area contributed by atoms with E-state index in [4.69, 9.17) is 9.72 Å². The lowest BCUT2D eigenvalue weighted by molar-refractivity contribution is -0.120. The van der Waals surface area contributed by atoms with Crippen LogP contribution in [0.1, 0.15) is 44.9 Å². The first kappa shape index (κ1) is 30.3. The smallest absolute Gasteiger partial charge is 0.227 e. The molecule has 1 saturated carbocycles. The Morgan fingerprint density at radius 3 is 2.69 bits per heavy atom. The number of hydrogen-bond acceptors (Lipinski definition) is 6. The van der Waals surface area contributed by atoms with Crippen molar-refractivity contribution in [2.75, 3.05) is 31.6 Å². The molecule has 9 nitrogen and oxygen atoms in total. The molecule has 1 aliphatic carbocycles. The summed E-state index contributed by atoms with van der Waals surface area (Å²) in [6, 6.07) is 18.7. The third-order valence-corrected chi connectivity index (χ3v) is 9.66. The standard InChI is InChI=1S/C38H38FN7O2/c39-27-17-25(19-29(20-27)48-16-15-46-13-4-5-14-46)30-9-6-10-33-31(30)21-35(42-33)37-36-34(44-45-37)12-11-32(43-36)26-18-28(23-40-22-26)41-38(47)24-7-2-1-3-8-24/h6,9-12,17-24,42H,1-5,7-8,13-16H2,(H,41,47)(H,44,45). The average Bonchev–Trinajstić information content (AvgIpc) is 3.88. The van der Waals surface area contributed by atoms with E-state index in [1.54, 1.807) is 18.5 Å². The van der Waals surface area contributed by atoms with E-state index in [2.05, 4.69) is 30.4 Å². The Kier molecular flexibility index (Phi) is 8.32. The molecular formula is C38H38FN7O2. The molecule has 2 aliphatic rings. The van der Waals surface area contributed by atoms with Crippen molar-refractivity contribution in [1.82, 2.24) is 30.0 Å². The zero-order chi connectivity index (χ0) is 32.5. The van der Waals surface area contributed by atoms with Gasteiger partial charge in [-0.1, -0.05) is 31.4 Å². The van der Waals surface area contributed by atoms with Crippen LogP contribution in [0.3, 0.4) is 0 Å². The molecule has 0 radical (unpaired) electrons. The number of hydrogen-bond donors (Lipinski definition) is 3. The second-order valence-corrected chi connectivity index (χ2v) is 13.0. The summed E-state index contributed by atoms with van der Waals surface area (Å²) in [4.78, 5) is 28.1. The highest BCUT2D eigenvalue weighted by Gasteiger charge is 2.22. The number of aromatic amines is 2. The molecule has 48 heavy (non-hydrogen) atoms. The minimum absolute atomic E-state index is 0.0585. The number of rotatable bonds is 9. The molecule has 0 unspecified atom stereocenters. The Bertz CT molecular complexity index is 2090. The Labute approximate surface area is 277 Å². The first-order valence-corrected chi connectivity index (χ1v) is 17.0. The molecule has 8 rings (SSSR count). The molecule has 2 aromatic carbocycles. The molecule has 244 valence electrons. The monoisotopic (exact) mass is 643 g/mol. The Morgan fingerprint density at radius 1 is 0.938 bits per heavy atom. The quantitative estimate of drug-likeness (QED) is 0.147. The van der Waals surface area contributed by atoms with E-state index >= 15 is 0 Å². The third-order valence-electron chi connectivity index (χ3n) is 9.66. The van der Waals surface area contributed by atoms with Gasteiger partial charge >= 0.3 is 0 Å². The highest BCUT2D eigenvalue weighted by Crippen LogP contribution is 2.36. The summed E-state index contributed by atoms with van der Waals surface area (Å²) in [5.74, 6) is 0.313. The minimum Gasteiger partial charge on any atom is -0.492 e. The van der Waals surface area contributed by atoms with Crippen LogP contribution in [0.15, 0.2) is 73.1 Å². The van der Waals surface area contributed by atoms with Gasteiger partial charge in [0.15, 0.2) is 0 Å². The predicted molar refractivity (Wildman–Crippen MR) is 186 cm³/mol. The molecule has 0 bridgehead atoms. The lowest BCUT2D eigenvalue weighted by atomic mass is 9.88. The van der Waals surface area contributed by atoms with Crippen molar-refractivity contribution < 1.29 is 13.9 Å². The van der Waals surface area contributed by atoms with Gasteiger partial charge in [-0.25, -0.2) is 9.37 Å².